The van der Waals surface area contributed by atoms with Crippen LogP contribution in [-0.2, 0) is 9.53 Å². The number of rotatable bonds is 4. The van der Waals surface area contributed by atoms with Crippen molar-refractivity contribution in [2.75, 3.05) is 7.11 Å². The minimum Gasteiger partial charge on any atom is -0.468 e. The highest BCUT2D eigenvalue weighted by Gasteiger charge is 2.22. The third-order valence-electron chi connectivity index (χ3n) is 1.29. The van der Waals surface area contributed by atoms with Crippen molar-refractivity contribution < 1.29 is 9.53 Å². The maximum absolute atomic E-state index is 10.8. The van der Waals surface area contributed by atoms with Crippen LogP contribution < -0.4 is 0 Å². The lowest BCUT2D eigenvalue weighted by atomic mass is 10.2. The number of alkyl halides is 3. The lowest BCUT2D eigenvalue weighted by Gasteiger charge is -2.14. The van der Waals surface area contributed by atoms with Gasteiger partial charge in [0.2, 0.25) is 0 Å². The van der Waals surface area contributed by atoms with E-state index in [-0.39, 0.29) is 0 Å². The van der Waals surface area contributed by atoms with E-state index in [2.05, 4.69) is 4.74 Å². The van der Waals surface area contributed by atoms with Crippen LogP contribution in [0.5, 0.6) is 0 Å². The van der Waals surface area contributed by atoms with Crippen LogP contribution in [0.4, 0.5) is 0 Å². The highest BCUT2D eigenvalue weighted by atomic mass is 35.5. The summed E-state index contributed by atoms with van der Waals surface area (Å²) in [6.07, 6.45) is 0.872. The zero-order valence-corrected chi connectivity index (χ0v) is 9.21. The number of hydrogen-bond donors (Lipinski definition) is 0. The van der Waals surface area contributed by atoms with Gasteiger partial charge in [-0.05, 0) is 19.8 Å². The molecular formula is C7H11Cl3O2. The predicted molar refractivity (Wildman–Crippen MR) is 51.0 cm³/mol. The SMILES string of the molecule is COC(=O)C(Cl)CCC(C)(Cl)Cl. The van der Waals surface area contributed by atoms with E-state index >= 15 is 0 Å². The fourth-order valence-corrected chi connectivity index (χ4v) is 1.04. The van der Waals surface area contributed by atoms with Gasteiger partial charge in [-0.3, -0.25) is 4.79 Å². The van der Waals surface area contributed by atoms with Gasteiger partial charge in [0.1, 0.15) is 9.71 Å². The Morgan fingerprint density at radius 2 is 2.08 bits per heavy atom. The summed E-state index contributed by atoms with van der Waals surface area (Å²) in [7, 11) is 1.29. The molecule has 72 valence electrons. The Hall–Kier alpha value is 0.340. The van der Waals surface area contributed by atoms with E-state index in [1.807, 2.05) is 0 Å². The van der Waals surface area contributed by atoms with E-state index in [9.17, 15) is 4.79 Å². The molecule has 0 fully saturated rings. The Labute approximate surface area is 87.1 Å². The first-order valence-electron chi connectivity index (χ1n) is 3.46. The number of carbonyl (C=O) groups is 1. The van der Waals surface area contributed by atoms with Gasteiger partial charge < -0.3 is 4.74 Å². The summed E-state index contributed by atoms with van der Waals surface area (Å²) in [6.45, 7) is 1.65. The number of ether oxygens (including phenoxy) is 1. The van der Waals surface area contributed by atoms with Crippen molar-refractivity contribution in [1.29, 1.82) is 0 Å². The summed E-state index contributed by atoms with van der Waals surface area (Å²) in [5.41, 5.74) is 0. The third-order valence-corrected chi connectivity index (χ3v) is 2.07. The van der Waals surface area contributed by atoms with E-state index in [0.29, 0.717) is 12.8 Å². The summed E-state index contributed by atoms with van der Waals surface area (Å²) in [6, 6.07) is 0. The van der Waals surface area contributed by atoms with E-state index in [4.69, 9.17) is 34.8 Å². The second kappa shape index (κ2) is 5.15. The maximum atomic E-state index is 10.8. The minimum atomic E-state index is -0.832. The van der Waals surface area contributed by atoms with E-state index in [1.165, 1.54) is 7.11 Å². The first-order chi connectivity index (χ1) is 5.37. The van der Waals surface area contributed by atoms with Crippen molar-refractivity contribution in [2.45, 2.75) is 29.5 Å². The number of halogens is 3. The summed E-state index contributed by atoms with van der Waals surface area (Å²) in [5.74, 6) is -0.450. The molecule has 12 heavy (non-hydrogen) atoms. The Kier molecular flexibility index (Phi) is 5.30. The van der Waals surface area contributed by atoms with Crippen molar-refractivity contribution >= 4 is 40.8 Å². The van der Waals surface area contributed by atoms with E-state index in [1.54, 1.807) is 6.92 Å². The van der Waals surface area contributed by atoms with Crippen molar-refractivity contribution in [3.05, 3.63) is 0 Å². The summed E-state index contributed by atoms with van der Waals surface area (Å²) >= 11 is 17.0. The van der Waals surface area contributed by atoms with Crippen LogP contribution in [0.15, 0.2) is 0 Å². The number of carbonyl (C=O) groups excluding carboxylic acids is 1. The summed E-state index contributed by atoms with van der Waals surface area (Å²) in [4.78, 5) is 10.8. The fraction of sp³-hybridized carbons (Fsp3) is 0.857. The zero-order valence-electron chi connectivity index (χ0n) is 6.94. The molecule has 0 rings (SSSR count). The smallest absolute Gasteiger partial charge is 0.323 e. The van der Waals surface area contributed by atoms with Crippen molar-refractivity contribution in [2.24, 2.45) is 0 Å². The molecule has 0 heterocycles. The summed E-state index contributed by atoms with van der Waals surface area (Å²) < 4.78 is 3.59. The van der Waals surface area contributed by atoms with Gasteiger partial charge in [-0.2, -0.15) is 0 Å². The van der Waals surface area contributed by atoms with Crippen LogP contribution in [0.3, 0.4) is 0 Å². The molecule has 0 aromatic rings. The minimum absolute atomic E-state index is 0.414. The molecule has 0 amide bonds. The Morgan fingerprint density at radius 3 is 2.42 bits per heavy atom. The molecule has 0 saturated carbocycles. The van der Waals surface area contributed by atoms with Gasteiger partial charge in [-0.25, -0.2) is 0 Å². The predicted octanol–water partition coefficient (Wildman–Crippen LogP) is 2.74. The van der Waals surface area contributed by atoms with Gasteiger partial charge in [0, 0.05) is 0 Å². The molecule has 2 nitrogen and oxygen atoms in total. The maximum Gasteiger partial charge on any atom is 0.323 e. The second-order valence-corrected chi connectivity index (χ2v) is 4.99. The van der Waals surface area contributed by atoms with Gasteiger partial charge in [0.05, 0.1) is 7.11 Å². The Balaban J connectivity index is 3.72. The Bertz CT molecular complexity index is 153. The first-order valence-corrected chi connectivity index (χ1v) is 4.66. The normalized spacial score (nSPS) is 14.1. The molecule has 0 N–H and O–H groups in total. The molecule has 0 aromatic carbocycles. The molecule has 0 aliphatic carbocycles. The highest BCUT2D eigenvalue weighted by Crippen LogP contribution is 2.27. The molecule has 1 unspecified atom stereocenters. The Morgan fingerprint density at radius 1 is 1.58 bits per heavy atom. The monoisotopic (exact) mass is 232 g/mol. The average molecular weight is 234 g/mol. The molecule has 5 heteroatoms. The summed E-state index contributed by atoms with van der Waals surface area (Å²) in [5, 5.41) is -0.660. The van der Waals surface area contributed by atoms with Crippen LogP contribution in [0.2, 0.25) is 0 Å². The van der Waals surface area contributed by atoms with Gasteiger partial charge in [-0.1, -0.05) is 0 Å². The molecule has 0 bridgehead atoms. The van der Waals surface area contributed by atoms with Gasteiger partial charge in [0.15, 0.2) is 0 Å². The molecule has 0 aliphatic heterocycles. The molecule has 1 atom stereocenters. The van der Waals surface area contributed by atoms with Crippen molar-refractivity contribution in [1.82, 2.24) is 0 Å². The molecule has 0 aliphatic rings. The number of esters is 1. The van der Waals surface area contributed by atoms with Crippen LogP contribution >= 0.6 is 34.8 Å². The zero-order chi connectivity index (χ0) is 9.78. The average Bonchev–Trinajstić information content (AvgIpc) is 1.97. The van der Waals surface area contributed by atoms with E-state index < -0.39 is 15.7 Å². The van der Waals surface area contributed by atoms with Crippen LogP contribution in [0.1, 0.15) is 19.8 Å². The van der Waals surface area contributed by atoms with E-state index in [0.717, 1.165) is 0 Å². The molecule has 0 aromatic heterocycles. The first kappa shape index (κ1) is 12.3. The molecule has 0 radical (unpaired) electrons. The lowest BCUT2D eigenvalue weighted by molar-refractivity contribution is -0.140. The molecular weight excluding hydrogens is 222 g/mol. The quantitative estimate of drug-likeness (QED) is 0.551. The van der Waals surface area contributed by atoms with Crippen LogP contribution in [0, 0.1) is 0 Å². The third kappa shape index (κ3) is 5.92. The van der Waals surface area contributed by atoms with Crippen molar-refractivity contribution in [3.8, 4) is 0 Å². The largest absolute Gasteiger partial charge is 0.468 e. The van der Waals surface area contributed by atoms with Gasteiger partial charge >= 0.3 is 5.97 Å². The van der Waals surface area contributed by atoms with Crippen molar-refractivity contribution in [3.63, 3.8) is 0 Å². The molecule has 0 saturated heterocycles. The highest BCUT2D eigenvalue weighted by molar-refractivity contribution is 6.48. The van der Waals surface area contributed by atoms with Crippen LogP contribution in [0.25, 0.3) is 0 Å². The van der Waals surface area contributed by atoms with Gasteiger partial charge in [0.25, 0.3) is 0 Å². The standard InChI is InChI=1S/C7H11Cl3O2/c1-7(9,10)4-3-5(8)6(11)12-2/h5H,3-4H2,1-2H3. The fourth-order valence-electron chi connectivity index (χ4n) is 0.626. The second-order valence-electron chi connectivity index (χ2n) is 2.60. The molecule has 0 spiro atoms. The topological polar surface area (TPSA) is 26.3 Å². The number of hydrogen-bond acceptors (Lipinski definition) is 2. The van der Waals surface area contributed by atoms with Crippen LogP contribution in [-0.4, -0.2) is 22.8 Å². The lowest BCUT2D eigenvalue weighted by Crippen LogP contribution is -2.19. The van der Waals surface area contributed by atoms with Gasteiger partial charge in [-0.15, -0.1) is 34.8 Å². The number of methoxy groups -OCH3 is 1.